The minimum Gasteiger partial charge on any atom is -0.492 e. The van der Waals surface area contributed by atoms with Crippen LogP contribution in [0.15, 0.2) is 18.2 Å². The predicted octanol–water partition coefficient (Wildman–Crippen LogP) is 3.01. The van der Waals surface area contributed by atoms with Gasteiger partial charge < -0.3 is 15.8 Å². The summed E-state index contributed by atoms with van der Waals surface area (Å²) in [6.45, 7) is 0.943. The van der Waals surface area contributed by atoms with Crippen LogP contribution in [0.2, 0.25) is 10.0 Å². The van der Waals surface area contributed by atoms with Gasteiger partial charge in [-0.3, -0.25) is 4.79 Å². The van der Waals surface area contributed by atoms with Crippen LogP contribution in [-0.4, -0.2) is 25.1 Å². The second kappa shape index (κ2) is 7.87. The van der Waals surface area contributed by atoms with Gasteiger partial charge in [-0.05, 0) is 43.4 Å². The molecule has 2 rings (SSSR count). The summed E-state index contributed by atoms with van der Waals surface area (Å²) < 4.78 is 5.54. The van der Waals surface area contributed by atoms with Crippen molar-refractivity contribution >= 4 is 29.1 Å². The zero-order valence-corrected chi connectivity index (χ0v) is 13.3. The number of benzene rings is 1. The number of hydrogen-bond donors (Lipinski definition) is 2. The van der Waals surface area contributed by atoms with Crippen molar-refractivity contribution in [2.45, 2.75) is 31.7 Å². The minimum absolute atomic E-state index is 0.0307. The van der Waals surface area contributed by atoms with Crippen molar-refractivity contribution in [2.75, 3.05) is 13.2 Å². The number of amides is 1. The summed E-state index contributed by atoms with van der Waals surface area (Å²) in [7, 11) is 0. The molecule has 0 aliphatic heterocycles. The molecule has 116 valence electrons. The number of rotatable bonds is 8. The molecule has 1 atom stereocenters. The Bertz CT molecular complexity index is 493. The van der Waals surface area contributed by atoms with Gasteiger partial charge in [0.25, 0.3) is 0 Å². The lowest BCUT2D eigenvalue weighted by atomic mass is 10.2. The van der Waals surface area contributed by atoms with Gasteiger partial charge in [0.1, 0.15) is 5.75 Å². The molecule has 21 heavy (non-hydrogen) atoms. The maximum atomic E-state index is 11.8. The highest BCUT2D eigenvalue weighted by Gasteiger charge is 2.30. The average molecular weight is 331 g/mol. The highest BCUT2D eigenvalue weighted by atomic mass is 35.5. The molecule has 0 heterocycles. The third-order valence-electron chi connectivity index (χ3n) is 3.49. The van der Waals surface area contributed by atoms with Crippen LogP contribution >= 0.6 is 23.2 Å². The van der Waals surface area contributed by atoms with Crippen LogP contribution in [0.25, 0.3) is 0 Å². The summed E-state index contributed by atoms with van der Waals surface area (Å²) in [5.41, 5.74) is 5.66. The SMILES string of the molecule is NCC(NC(=O)CCCOc1ccc(Cl)cc1Cl)C1CC1. The summed E-state index contributed by atoms with van der Waals surface area (Å²) in [5.74, 6) is 1.19. The highest BCUT2D eigenvalue weighted by Crippen LogP contribution is 2.32. The third kappa shape index (κ3) is 5.38. The fourth-order valence-electron chi connectivity index (χ4n) is 2.15. The van der Waals surface area contributed by atoms with Crippen LogP contribution in [0.5, 0.6) is 5.75 Å². The zero-order valence-electron chi connectivity index (χ0n) is 11.8. The lowest BCUT2D eigenvalue weighted by Gasteiger charge is -2.16. The van der Waals surface area contributed by atoms with Crippen LogP contribution < -0.4 is 15.8 Å². The quantitative estimate of drug-likeness (QED) is 0.720. The van der Waals surface area contributed by atoms with E-state index in [0.717, 1.165) is 0 Å². The van der Waals surface area contributed by atoms with Gasteiger partial charge in [0, 0.05) is 24.0 Å². The van der Waals surface area contributed by atoms with E-state index in [4.69, 9.17) is 33.7 Å². The second-order valence-corrected chi connectivity index (χ2v) is 6.12. The molecular formula is C15H20Cl2N2O2. The molecule has 0 aromatic heterocycles. The van der Waals surface area contributed by atoms with Gasteiger partial charge in [0.2, 0.25) is 5.91 Å². The molecule has 0 radical (unpaired) electrons. The van der Waals surface area contributed by atoms with Crippen molar-refractivity contribution < 1.29 is 9.53 Å². The Balaban J connectivity index is 1.65. The van der Waals surface area contributed by atoms with Crippen molar-refractivity contribution in [2.24, 2.45) is 11.7 Å². The van der Waals surface area contributed by atoms with E-state index in [1.807, 2.05) is 0 Å². The van der Waals surface area contributed by atoms with Crippen LogP contribution in [0.4, 0.5) is 0 Å². The highest BCUT2D eigenvalue weighted by molar-refractivity contribution is 6.35. The van der Waals surface area contributed by atoms with E-state index < -0.39 is 0 Å². The van der Waals surface area contributed by atoms with Crippen LogP contribution in [-0.2, 0) is 4.79 Å². The largest absolute Gasteiger partial charge is 0.492 e. The number of nitrogens with one attached hydrogen (secondary N) is 1. The molecule has 1 aromatic rings. The Hall–Kier alpha value is -0.970. The summed E-state index contributed by atoms with van der Waals surface area (Å²) in [6, 6.07) is 5.20. The van der Waals surface area contributed by atoms with Crippen molar-refractivity contribution in [3.8, 4) is 5.75 Å². The van der Waals surface area contributed by atoms with E-state index >= 15 is 0 Å². The zero-order chi connectivity index (χ0) is 15.2. The minimum atomic E-state index is 0.0307. The lowest BCUT2D eigenvalue weighted by molar-refractivity contribution is -0.122. The Morgan fingerprint density at radius 3 is 2.81 bits per heavy atom. The number of nitrogens with two attached hydrogens (primary N) is 1. The topological polar surface area (TPSA) is 64.3 Å². The fraction of sp³-hybridized carbons (Fsp3) is 0.533. The van der Waals surface area contributed by atoms with Gasteiger partial charge >= 0.3 is 0 Å². The van der Waals surface area contributed by atoms with Crippen molar-refractivity contribution in [1.29, 1.82) is 0 Å². The Kier molecular flexibility index (Phi) is 6.15. The first-order valence-corrected chi connectivity index (χ1v) is 7.93. The molecule has 1 fully saturated rings. The Morgan fingerprint density at radius 2 is 2.19 bits per heavy atom. The smallest absolute Gasteiger partial charge is 0.220 e. The van der Waals surface area contributed by atoms with Gasteiger partial charge in [-0.25, -0.2) is 0 Å². The summed E-state index contributed by atoms with van der Waals surface area (Å²) in [6.07, 6.45) is 3.39. The molecule has 1 saturated carbocycles. The van der Waals surface area contributed by atoms with E-state index in [2.05, 4.69) is 5.32 Å². The molecule has 1 unspecified atom stereocenters. The summed E-state index contributed by atoms with van der Waals surface area (Å²) in [4.78, 5) is 11.8. The number of carbonyl (C=O) groups excluding carboxylic acids is 1. The van der Waals surface area contributed by atoms with Gasteiger partial charge in [-0.1, -0.05) is 23.2 Å². The van der Waals surface area contributed by atoms with E-state index in [1.165, 1.54) is 12.8 Å². The predicted molar refractivity (Wildman–Crippen MR) is 84.9 cm³/mol. The first kappa shape index (κ1) is 16.4. The van der Waals surface area contributed by atoms with Gasteiger partial charge in [-0.2, -0.15) is 0 Å². The van der Waals surface area contributed by atoms with Crippen molar-refractivity contribution in [3.63, 3.8) is 0 Å². The van der Waals surface area contributed by atoms with Gasteiger partial charge in [-0.15, -0.1) is 0 Å². The molecule has 1 amide bonds. The molecular weight excluding hydrogens is 311 g/mol. The molecule has 1 aromatic carbocycles. The fourth-order valence-corrected chi connectivity index (χ4v) is 2.62. The number of carbonyl (C=O) groups is 1. The maximum absolute atomic E-state index is 11.8. The van der Waals surface area contributed by atoms with Gasteiger partial charge in [0.05, 0.1) is 11.6 Å². The van der Waals surface area contributed by atoms with E-state index in [-0.39, 0.29) is 11.9 Å². The second-order valence-electron chi connectivity index (χ2n) is 5.27. The van der Waals surface area contributed by atoms with E-state index in [0.29, 0.717) is 47.7 Å². The molecule has 1 aliphatic rings. The first-order valence-electron chi connectivity index (χ1n) is 7.17. The molecule has 0 saturated heterocycles. The van der Waals surface area contributed by atoms with E-state index in [9.17, 15) is 4.79 Å². The molecule has 0 bridgehead atoms. The van der Waals surface area contributed by atoms with Crippen molar-refractivity contribution in [3.05, 3.63) is 28.2 Å². The summed E-state index contributed by atoms with van der Waals surface area (Å²) >= 11 is 11.8. The molecule has 0 spiro atoms. The average Bonchev–Trinajstić information content (AvgIpc) is 3.27. The molecule has 4 nitrogen and oxygen atoms in total. The molecule has 3 N–H and O–H groups in total. The van der Waals surface area contributed by atoms with E-state index in [1.54, 1.807) is 18.2 Å². The normalized spacial score (nSPS) is 15.6. The Labute approximate surface area is 134 Å². The standard InChI is InChI=1S/C15H20Cl2N2O2/c16-11-5-6-14(12(17)8-11)21-7-1-2-15(20)19-13(9-18)10-3-4-10/h5-6,8,10,13H,1-4,7,9,18H2,(H,19,20). The molecule has 6 heteroatoms. The monoisotopic (exact) mass is 330 g/mol. The summed E-state index contributed by atoms with van der Waals surface area (Å²) in [5, 5.41) is 4.03. The Morgan fingerprint density at radius 1 is 1.43 bits per heavy atom. The number of ether oxygens (including phenoxy) is 1. The number of halogens is 2. The number of hydrogen-bond acceptors (Lipinski definition) is 3. The van der Waals surface area contributed by atoms with Crippen LogP contribution in [0.3, 0.4) is 0 Å². The van der Waals surface area contributed by atoms with Crippen molar-refractivity contribution in [1.82, 2.24) is 5.32 Å². The van der Waals surface area contributed by atoms with Crippen LogP contribution in [0.1, 0.15) is 25.7 Å². The maximum Gasteiger partial charge on any atom is 0.220 e. The lowest BCUT2D eigenvalue weighted by Crippen LogP contribution is -2.41. The van der Waals surface area contributed by atoms with Crippen LogP contribution in [0, 0.1) is 5.92 Å². The molecule has 1 aliphatic carbocycles. The van der Waals surface area contributed by atoms with Gasteiger partial charge in [0.15, 0.2) is 0 Å². The third-order valence-corrected chi connectivity index (χ3v) is 4.02. The first-order chi connectivity index (χ1) is 10.1.